The molecule has 62 valence electrons. The zero-order valence-electron chi connectivity index (χ0n) is 6.60. The van der Waals surface area contributed by atoms with Crippen molar-refractivity contribution in [1.82, 2.24) is 0 Å². The summed E-state index contributed by atoms with van der Waals surface area (Å²) in [6.07, 6.45) is 5.08. The fourth-order valence-electron chi connectivity index (χ4n) is 0.888. The third kappa shape index (κ3) is 2.93. The van der Waals surface area contributed by atoms with E-state index in [1.54, 1.807) is 0 Å². The van der Waals surface area contributed by atoms with Gasteiger partial charge in [0, 0.05) is 11.3 Å². The van der Waals surface area contributed by atoms with Crippen LogP contribution in [0.3, 0.4) is 0 Å². The second kappa shape index (κ2) is 4.78. The van der Waals surface area contributed by atoms with Crippen molar-refractivity contribution in [3.8, 4) is 0 Å². The topological polar surface area (TPSA) is 17.1 Å². The lowest BCUT2D eigenvalue weighted by molar-refractivity contribution is -0.107. The van der Waals surface area contributed by atoms with Crippen LogP contribution in [0.15, 0.2) is 35.2 Å². The molecule has 0 aliphatic carbocycles. The maximum Gasteiger partial charge on any atom is 0.123 e. The summed E-state index contributed by atoms with van der Waals surface area (Å²) in [5.74, 6) is 0. The van der Waals surface area contributed by atoms with Gasteiger partial charge in [0.1, 0.15) is 6.29 Å². The van der Waals surface area contributed by atoms with Crippen LogP contribution in [0.5, 0.6) is 0 Å². The molecule has 0 heterocycles. The van der Waals surface area contributed by atoms with Crippen molar-refractivity contribution in [2.24, 2.45) is 0 Å². The lowest BCUT2D eigenvalue weighted by atomic mass is 10.2. The predicted octanol–water partition coefficient (Wildman–Crippen LogP) is 2.58. The van der Waals surface area contributed by atoms with Gasteiger partial charge in [0.15, 0.2) is 0 Å². The number of hydrogen-bond donors (Lipinski definition) is 1. The fourth-order valence-corrected chi connectivity index (χ4v) is 1.12. The van der Waals surface area contributed by atoms with E-state index in [-0.39, 0.29) is 0 Å². The van der Waals surface area contributed by atoms with Crippen LogP contribution >= 0.6 is 12.6 Å². The van der Waals surface area contributed by atoms with E-state index in [1.807, 2.05) is 36.4 Å². The summed E-state index contributed by atoms with van der Waals surface area (Å²) in [5.41, 5.74) is 1.07. The molecule has 0 aliphatic heterocycles. The van der Waals surface area contributed by atoms with Gasteiger partial charge in [-0.25, -0.2) is 0 Å². The molecular formula is C10H10OS. The van der Waals surface area contributed by atoms with Gasteiger partial charge >= 0.3 is 0 Å². The number of allylic oxidation sites excluding steroid dienone is 1. The van der Waals surface area contributed by atoms with Gasteiger partial charge in [0.05, 0.1) is 0 Å². The summed E-state index contributed by atoms with van der Waals surface area (Å²) in [6, 6.07) is 7.77. The lowest BCUT2D eigenvalue weighted by Crippen LogP contribution is -1.72. The Labute approximate surface area is 77.5 Å². The smallest absolute Gasteiger partial charge is 0.123 e. The molecule has 1 rings (SSSR count). The molecule has 0 fully saturated rings. The molecule has 0 bridgehead atoms. The summed E-state index contributed by atoms with van der Waals surface area (Å²) < 4.78 is 0. The molecule has 1 nitrogen and oxygen atoms in total. The molecule has 0 aromatic heterocycles. The van der Waals surface area contributed by atoms with Gasteiger partial charge in [-0.3, -0.25) is 0 Å². The summed E-state index contributed by atoms with van der Waals surface area (Å²) in [4.78, 5) is 10.9. The third-order valence-electron chi connectivity index (χ3n) is 1.41. The normalized spacial score (nSPS) is 10.4. The maximum absolute atomic E-state index is 10.00. The highest BCUT2D eigenvalue weighted by atomic mass is 32.1. The van der Waals surface area contributed by atoms with E-state index in [9.17, 15) is 4.79 Å². The van der Waals surface area contributed by atoms with Crippen molar-refractivity contribution in [2.45, 2.75) is 11.3 Å². The largest absolute Gasteiger partial charge is 0.303 e. The summed E-state index contributed by atoms with van der Waals surface area (Å²) in [5, 5.41) is 0. The van der Waals surface area contributed by atoms with Gasteiger partial charge < -0.3 is 4.79 Å². The first-order chi connectivity index (χ1) is 5.83. The van der Waals surface area contributed by atoms with E-state index in [4.69, 9.17) is 0 Å². The molecule has 0 unspecified atom stereocenters. The molecule has 1 aromatic carbocycles. The highest BCUT2D eigenvalue weighted by molar-refractivity contribution is 7.80. The number of hydrogen-bond acceptors (Lipinski definition) is 2. The Morgan fingerprint density at radius 1 is 1.42 bits per heavy atom. The minimum atomic E-state index is 0.469. The van der Waals surface area contributed by atoms with Crippen LogP contribution in [0.25, 0.3) is 6.08 Å². The van der Waals surface area contributed by atoms with Gasteiger partial charge in [0.2, 0.25) is 0 Å². The second-order valence-corrected chi connectivity index (χ2v) is 2.92. The van der Waals surface area contributed by atoms with Gasteiger partial charge in [-0.15, -0.1) is 12.6 Å². The quantitative estimate of drug-likeness (QED) is 0.556. The predicted molar refractivity (Wildman–Crippen MR) is 53.4 cm³/mol. The highest BCUT2D eigenvalue weighted by Crippen LogP contribution is 2.10. The average molecular weight is 178 g/mol. The number of carbonyl (C=O) groups is 1. The van der Waals surface area contributed by atoms with Crippen LogP contribution in [0.2, 0.25) is 0 Å². The highest BCUT2D eigenvalue weighted by Gasteiger charge is 1.86. The molecule has 0 atom stereocenters. The van der Waals surface area contributed by atoms with Crippen LogP contribution < -0.4 is 0 Å². The van der Waals surface area contributed by atoms with Gasteiger partial charge in [0.25, 0.3) is 0 Å². The molecule has 0 radical (unpaired) electrons. The minimum Gasteiger partial charge on any atom is -0.303 e. The zero-order chi connectivity index (χ0) is 8.81. The Bertz CT molecular complexity index is 292. The van der Waals surface area contributed by atoms with E-state index < -0.39 is 0 Å². The van der Waals surface area contributed by atoms with E-state index in [2.05, 4.69) is 12.6 Å². The Morgan fingerprint density at radius 2 is 2.25 bits per heavy atom. The van der Waals surface area contributed by atoms with E-state index >= 15 is 0 Å². The second-order valence-electron chi connectivity index (χ2n) is 2.40. The standard InChI is InChI=1S/C10H10OS/c11-7-2-1-4-9-5-3-6-10(12)8-9/h1,3-8,12H,2H2. The van der Waals surface area contributed by atoms with Crippen molar-refractivity contribution >= 4 is 25.0 Å². The van der Waals surface area contributed by atoms with Crippen molar-refractivity contribution in [2.75, 3.05) is 0 Å². The molecule has 12 heavy (non-hydrogen) atoms. The van der Waals surface area contributed by atoms with E-state index in [0.29, 0.717) is 6.42 Å². The molecular weight excluding hydrogens is 168 g/mol. The van der Waals surface area contributed by atoms with Crippen LogP contribution in [-0.4, -0.2) is 6.29 Å². The third-order valence-corrected chi connectivity index (χ3v) is 1.69. The number of rotatable bonds is 3. The molecule has 0 N–H and O–H groups in total. The Morgan fingerprint density at radius 3 is 2.92 bits per heavy atom. The molecule has 1 aromatic rings. The Hall–Kier alpha value is -1.02. The first-order valence-corrected chi connectivity index (χ1v) is 4.17. The van der Waals surface area contributed by atoms with Crippen molar-refractivity contribution in [3.05, 3.63) is 35.9 Å². The van der Waals surface area contributed by atoms with Crippen molar-refractivity contribution in [1.29, 1.82) is 0 Å². The lowest BCUT2D eigenvalue weighted by Gasteiger charge is -1.93. The van der Waals surface area contributed by atoms with Crippen molar-refractivity contribution < 1.29 is 4.79 Å². The number of benzene rings is 1. The summed E-state index contributed by atoms with van der Waals surface area (Å²) >= 11 is 4.20. The Balaban J connectivity index is 2.69. The maximum atomic E-state index is 10.00. The van der Waals surface area contributed by atoms with Crippen LogP contribution in [0.1, 0.15) is 12.0 Å². The summed E-state index contributed by atoms with van der Waals surface area (Å²) in [7, 11) is 0. The van der Waals surface area contributed by atoms with E-state index in [1.165, 1.54) is 0 Å². The van der Waals surface area contributed by atoms with Crippen molar-refractivity contribution in [3.63, 3.8) is 0 Å². The fraction of sp³-hybridized carbons (Fsp3) is 0.100. The Kier molecular flexibility index (Phi) is 3.61. The summed E-state index contributed by atoms with van der Waals surface area (Å²) in [6.45, 7) is 0. The first-order valence-electron chi connectivity index (χ1n) is 3.72. The monoisotopic (exact) mass is 178 g/mol. The van der Waals surface area contributed by atoms with Gasteiger partial charge in [-0.1, -0.05) is 24.3 Å². The van der Waals surface area contributed by atoms with Crippen LogP contribution in [0, 0.1) is 0 Å². The molecule has 2 heteroatoms. The van der Waals surface area contributed by atoms with Gasteiger partial charge in [-0.05, 0) is 17.7 Å². The van der Waals surface area contributed by atoms with Crippen LogP contribution in [-0.2, 0) is 4.79 Å². The molecule has 0 saturated carbocycles. The zero-order valence-corrected chi connectivity index (χ0v) is 7.50. The number of carbonyl (C=O) groups excluding carboxylic acids is 1. The average Bonchev–Trinajstić information content (AvgIpc) is 2.05. The first kappa shape index (κ1) is 9.07. The SMILES string of the molecule is O=CCC=Cc1cccc(S)c1. The molecule has 0 saturated heterocycles. The number of aldehydes is 1. The van der Waals surface area contributed by atoms with Gasteiger partial charge in [-0.2, -0.15) is 0 Å². The van der Waals surface area contributed by atoms with E-state index in [0.717, 1.165) is 16.7 Å². The van der Waals surface area contributed by atoms with Crippen LogP contribution in [0.4, 0.5) is 0 Å². The number of thiol groups is 1. The molecule has 0 aliphatic rings. The molecule has 0 spiro atoms. The minimum absolute atomic E-state index is 0.469. The molecule has 0 amide bonds.